The van der Waals surface area contributed by atoms with Gasteiger partial charge in [0, 0.05) is 23.2 Å². The zero-order valence-electron chi connectivity index (χ0n) is 15.8. The Hall–Kier alpha value is -2.59. The smallest absolute Gasteiger partial charge is 0.308 e. The summed E-state index contributed by atoms with van der Waals surface area (Å²) in [7, 11) is 0. The first-order chi connectivity index (χ1) is 14.6. The van der Waals surface area contributed by atoms with E-state index in [2.05, 4.69) is 15.5 Å². The monoisotopic (exact) mass is 475 g/mol. The second-order valence-electron chi connectivity index (χ2n) is 7.16. The third-order valence-corrected chi connectivity index (χ3v) is 5.44. The SMILES string of the molecule is O=C(Cn1nc(C(F)(F)F)c(Cl)c1C1CC1)Nc1ccn(Cc2ccc(F)cc2Cl)n1. The highest BCUT2D eigenvalue weighted by Gasteiger charge is 2.42. The first kappa shape index (κ1) is 21.6. The Labute approximate surface area is 183 Å². The summed E-state index contributed by atoms with van der Waals surface area (Å²) >= 11 is 11.9. The molecule has 0 radical (unpaired) electrons. The first-order valence-electron chi connectivity index (χ1n) is 9.22. The average Bonchev–Trinajstić information content (AvgIpc) is 3.31. The van der Waals surface area contributed by atoms with Crippen LogP contribution in [0.15, 0.2) is 30.5 Å². The lowest BCUT2D eigenvalue weighted by Gasteiger charge is -2.07. The van der Waals surface area contributed by atoms with Gasteiger partial charge in [-0.3, -0.25) is 14.2 Å². The van der Waals surface area contributed by atoms with Crippen molar-refractivity contribution < 1.29 is 22.4 Å². The Morgan fingerprint density at radius 2 is 1.94 bits per heavy atom. The van der Waals surface area contributed by atoms with E-state index >= 15 is 0 Å². The Morgan fingerprint density at radius 1 is 1.19 bits per heavy atom. The van der Waals surface area contributed by atoms with Gasteiger partial charge in [-0.2, -0.15) is 23.4 Å². The molecule has 6 nitrogen and oxygen atoms in total. The molecule has 164 valence electrons. The molecule has 1 aliphatic carbocycles. The maximum absolute atomic E-state index is 13.2. The number of anilines is 1. The number of aromatic nitrogens is 4. The number of hydrogen-bond donors (Lipinski definition) is 1. The van der Waals surface area contributed by atoms with E-state index in [9.17, 15) is 22.4 Å². The number of benzene rings is 1. The Morgan fingerprint density at radius 3 is 2.58 bits per heavy atom. The van der Waals surface area contributed by atoms with Crippen molar-refractivity contribution in [2.45, 2.75) is 38.0 Å². The van der Waals surface area contributed by atoms with E-state index in [1.54, 1.807) is 6.20 Å². The minimum Gasteiger partial charge on any atom is -0.308 e. The Bertz CT molecular complexity index is 1140. The third kappa shape index (κ3) is 4.85. The van der Waals surface area contributed by atoms with Crippen molar-refractivity contribution in [1.29, 1.82) is 0 Å². The summed E-state index contributed by atoms with van der Waals surface area (Å²) in [4.78, 5) is 12.4. The van der Waals surface area contributed by atoms with Crippen LogP contribution in [0.1, 0.15) is 35.7 Å². The van der Waals surface area contributed by atoms with Crippen LogP contribution in [0.25, 0.3) is 0 Å². The average molecular weight is 476 g/mol. The number of hydrogen-bond acceptors (Lipinski definition) is 3. The molecule has 1 amide bonds. The lowest BCUT2D eigenvalue weighted by Crippen LogP contribution is -2.21. The van der Waals surface area contributed by atoms with Crippen LogP contribution >= 0.6 is 23.2 Å². The second-order valence-corrected chi connectivity index (χ2v) is 7.95. The predicted octanol–water partition coefficient (Wildman–Crippen LogP) is 5.11. The number of nitrogens with one attached hydrogen (secondary N) is 1. The Balaban J connectivity index is 1.45. The summed E-state index contributed by atoms with van der Waals surface area (Å²) in [6.45, 7) is -0.192. The van der Waals surface area contributed by atoms with Gasteiger partial charge in [0.25, 0.3) is 0 Å². The van der Waals surface area contributed by atoms with Crippen LogP contribution in [0.2, 0.25) is 10.0 Å². The van der Waals surface area contributed by atoms with Gasteiger partial charge >= 0.3 is 6.18 Å². The highest BCUT2D eigenvalue weighted by Crippen LogP contribution is 2.46. The van der Waals surface area contributed by atoms with Gasteiger partial charge in [-0.05, 0) is 30.5 Å². The topological polar surface area (TPSA) is 64.7 Å². The second kappa shape index (κ2) is 8.16. The molecule has 0 atom stereocenters. The molecule has 1 fully saturated rings. The third-order valence-electron chi connectivity index (χ3n) is 4.71. The molecule has 0 aliphatic heterocycles. The number of carbonyl (C=O) groups excluding carboxylic acids is 1. The summed E-state index contributed by atoms with van der Waals surface area (Å²) in [6, 6.07) is 5.51. The summed E-state index contributed by atoms with van der Waals surface area (Å²) in [6.07, 6.45) is -1.73. The number of nitrogens with zero attached hydrogens (tertiary/aromatic N) is 4. The quantitative estimate of drug-likeness (QED) is 0.503. The molecule has 1 N–H and O–H groups in total. The van der Waals surface area contributed by atoms with E-state index in [-0.39, 0.29) is 29.0 Å². The molecule has 1 aliphatic rings. The standard InChI is InChI=1S/C19H15Cl2F4N5O/c20-13-7-12(22)4-3-11(13)8-29-6-5-14(27-29)26-15(31)9-30-17(10-1-2-10)16(21)18(28-30)19(23,24)25/h3-7,10H,1-2,8-9H2,(H,26,27,31). The Kier molecular flexibility index (Phi) is 5.69. The summed E-state index contributed by atoms with van der Waals surface area (Å²) in [5.74, 6) is -0.992. The van der Waals surface area contributed by atoms with Crippen molar-refractivity contribution in [1.82, 2.24) is 19.6 Å². The van der Waals surface area contributed by atoms with Gasteiger partial charge in [-0.25, -0.2) is 4.39 Å². The largest absolute Gasteiger partial charge is 0.436 e. The minimum atomic E-state index is -4.71. The van der Waals surface area contributed by atoms with Gasteiger partial charge in [0.15, 0.2) is 11.5 Å². The van der Waals surface area contributed by atoms with Crippen molar-refractivity contribution in [2.75, 3.05) is 5.32 Å². The van der Waals surface area contributed by atoms with Crippen LogP contribution in [0.3, 0.4) is 0 Å². The van der Waals surface area contributed by atoms with Crippen LogP contribution in [-0.4, -0.2) is 25.5 Å². The zero-order valence-corrected chi connectivity index (χ0v) is 17.3. The molecular weight excluding hydrogens is 461 g/mol. The molecule has 0 bridgehead atoms. The van der Waals surface area contributed by atoms with E-state index in [1.807, 2.05) is 0 Å². The van der Waals surface area contributed by atoms with Crippen molar-refractivity contribution in [3.63, 3.8) is 0 Å². The van der Waals surface area contributed by atoms with E-state index in [0.717, 1.165) is 4.68 Å². The number of rotatable bonds is 6. The molecule has 4 rings (SSSR count). The molecule has 0 spiro atoms. The van der Waals surface area contributed by atoms with Crippen molar-refractivity contribution >= 4 is 34.9 Å². The van der Waals surface area contributed by atoms with Crippen molar-refractivity contribution in [3.8, 4) is 0 Å². The molecule has 1 saturated carbocycles. The van der Waals surface area contributed by atoms with Crippen LogP contribution < -0.4 is 5.32 Å². The van der Waals surface area contributed by atoms with Crippen LogP contribution in [-0.2, 0) is 24.1 Å². The maximum atomic E-state index is 13.2. The van der Waals surface area contributed by atoms with Gasteiger partial charge in [-0.15, -0.1) is 0 Å². The van der Waals surface area contributed by atoms with Gasteiger partial charge in [0.2, 0.25) is 5.91 Å². The molecule has 0 unspecified atom stereocenters. The van der Waals surface area contributed by atoms with Gasteiger partial charge in [-0.1, -0.05) is 29.3 Å². The fraction of sp³-hybridized carbons (Fsp3) is 0.316. The van der Waals surface area contributed by atoms with E-state index in [0.29, 0.717) is 18.4 Å². The molecule has 2 heterocycles. The van der Waals surface area contributed by atoms with Crippen LogP contribution in [0, 0.1) is 5.82 Å². The maximum Gasteiger partial charge on any atom is 0.436 e. The molecule has 3 aromatic rings. The summed E-state index contributed by atoms with van der Waals surface area (Å²) in [5.41, 5.74) is -0.339. The van der Waals surface area contributed by atoms with Gasteiger partial charge in [0.05, 0.1) is 17.3 Å². The summed E-state index contributed by atoms with van der Waals surface area (Å²) in [5, 5.41) is 10.0. The van der Waals surface area contributed by atoms with Gasteiger partial charge in [0.1, 0.15) is 12.4 Å². The minimum absolute atomic E-state index is 0.136. The highest BCUT2D eigenvalue weighted by atomic mass is 35.5. The van der Waals surface area contributed by atoms with Crippen molar-refractivity contribution in [2.24, 2.45) is 0 Å². The first-order valence-corrected chi connectivity index (χ1v) is 9.98. The predicted molar refractivity (Wildman–Crippen MR) is 106 cm³/mol. The van der Waals surface area contributed by atoms with E-state index < -0.39 is 35.2 Å². The van der Waals surface area contributed by atoms with Crippen LogP contribution in [0.5, 0.6) is 0 Å². The van der Waals surface area contributed by atoms with Gasteiger partial charge < -0.3 is 5.32 Å². The summed E-state index contributed by atoms with van der Waals surface area (Å²) < 4.78 is 55.1. The van der Waals surface area contributed by atoms with Crippen LogP contribution in [0.4, 0.5) is 23.4 Å². The molecule has 1 aromatic carbocycles. The molecule has 2 aromatic heterocycles. The molecule has 12 heteroatoms. The van der Waals surface area contributed by atoms with E-state index in [1.165, 1.54) is 28.9 Å². The van der Waals surface area contributed by atoms with E-state index in [4.69, 9.17) is 23.2 Å². The zero-order chi connectivity index (χ0) is 22.3. The molecule has 0 saturated heterocycles. The van der Waals surface area contributed by atoms with Crippen molar-refractivity contribution in [3.05, 3.63) is 63.3 Å². The number of alkyl halides is 3. The number of halogens is 6. The fourth-order valence-electron chi connectivity index (χ4n) is 3.16. The normalized spacial score (nSPS) is 14.1. The number of carbonyl (C=O) groups is 1. The fourth-order valence-corrected chi connectivity index (χ4v) is 3.78. The molecule has 31 heavy (non-hydrogen) atoms. The lowest BCUT2D eigenvalue weighted by atomic mass is 10.2. The highest BCUT2D eigenvalue weighted by molar-refractivity contribution is 6.32. The number of amides is 1. The lowest BCUT2D eigenvalue weighted by molar-refractivity contribution is -0.141. The molecular formula is C19H15Cl2F4N5O.